The molecule has 2 saturated heterocycles. The number of hydrogen-bond donors (Lipinski definition) is 1. The first-order chi connectivity index (χ1) is 12.0. The summed E-state index contributed by atoms with van der Waals surface area (Å²) in [5.74, 6) is 2.32. The van der Waals surface area contributed by atoms with Gasteiger partial charge in [0, 0.05) is 63.4 Å². The molecule has 0 radical (unpaired) electrons. The Labute approximate surface area is 151 Å². The lowest BCUT2D eigenvalue weighted by molar-refractivity contribution is -0.132. The van der Waals surface area contributed by atoms with E-state index in [4.69, 9.17) is 4.98 Å². The van der Waals surface area contributed by atoms with Crippen molar-refractivity contribution in [2.45, 2.75) is 64.5 Å². The predicted molar refractivity (Wildman–Crippen MR) is 99.8 cm³/mol. The van der Waals surface area contributed by atoms with Crippen molar-refractivity contribution in [2.75, 3.05) is 31.6 Å². The van der Waals surface area contributed by atoms with Gasteiger partial charge in [-0.3, -0.25) is 4.79 Å². The quantitative estimate of drug-likeness (QED) is 0.883. The van der Waals surface area contributed by atoms with Crippen molar-refractivity contribution in [3.05, 3.63) is 17.6 Å². The SMILES string of the molecule is CCCc1nc(C)cc(N2CCC(N[C@@H]3CCC(=O)N(C)C3)CC2)n1. The lowest BCUT2D eigenvalue weighted by Gasteiger charge is -2.37. The molecule has 0 aliphatic carbocycles. The van der Waals surface area contributed by atoms with Crippen LogP contribution in [0.3, 0.4) is 0 Å². The topological polar surface area (TPSA) is 61.4 Å². The van der Waals surface area contributed by atoms with Crippen molar-refractivity contribution in [1.82, 2.24) is 20.2 Å². The van der Waals surface area contributed by atoms with Gasteiger partial charge in [0.2, 0.25) is 5.91 Å². The van der Waals surface area contributed by atoms with E-state index in [2.05, 4.69) is 35.1 Å². The van der Waals surface area contributed by atoms with Crippen molar-refractivity contribution in [3.8, 4) is 0 Å². The number of hydrogen-bond acceptors (Lipinski definition) is 5. The van der Waals surface area contributed by atoms with Gasteiger partial charge in [-0.05, 0) is 32.6 Å². The molecule has 1 aromatic rings. The zero-order valence-electron chi connectivity index (χ0n) is 15.8. The minimum Gasteiger partial charge on any atom is -0.356 e. The molecule has 6 nitrogen and oxygen atoms in total. The molecule has 6 heteroatoms. The van der Waals surface area contributed by atoms with Crippen LogP contribution in [0.1, 0.15) is 50.5 Å². The van der Waals surface area contributed by atoms with Gasteiger partial charge in [-0.25, -0.2) is 9.97 Å². The Morgan fingerprint density at radius 3 is 2.64 bits per heavy atom. The highest BCUT2D eigenvalue weighted by Gasteiger charge is 2.27. The molecule has 1 aromatic heterocycles. The molecule has 25 heavy (non-hydrogen) atoms. The van der Waals surface area contributed by atoms with Crippen LogP contribution >= 0.6 is 0 Å². The van der Waals surface area contributed by atoms with E-state index in [-0.39, 0.29) is 5.91 Å². The first-order valence-electron chi connectivity index (χ1n) is 9.64. The average molecular weight is 345 g/mol. The highest BCUT2D eigenvalue weighted by molar-refractivity contribution is 5.76. The standard InChI is InChI=1S/C19H31N5O/c1-4-5-17-20-14(2)12-18(22-17)24-10-8-15(9-11-24)21-16-6-7-19(25)23(3)13-16/h12,15-16,21H,4-11,13H2,1-3H3/t16-/m1/s1. The van der Waals surface area contributed by atoms with Gasteiger partial charge in [-0.1, -0.05) is 6.92 Å². The van der Waals surface area contributed by atoms with Crippen LogP contribution in [-0.2, 0) is 11.2 Å². The summed E-state index contributed by atoms with van der Waals surface area (Å²) >= 11 is 0. The number of piperidine rings is 2. The first-order valence-corrected chi connectivity index (χ1v) is 9.64. The third-order valence-corrected chi connectivity index (χ3v) is 5.28. The fourth-order valence-corrected chi connectivity index (χ4v) is 3.87. The predicted octanol–water partition coefficient (Wildman–Crippen LogP) is 1.92. The Morgan fingerprint density at radius 1 is 1.20 bits per heavy atom. The molecule has 1 atom stereocenters. The Kier molecular flexibility index (Phi) is 5.89. The fourth-order valence-electron chi connectivity index (χ4n) is 3.87. The monoisotopic (exact) mass is 345 g/mol. The second kappa shape index (κ2) is 8.13. The molecule has 2 aliphatic heterocycles. The molecule has 3 heterocycles. The second-order valence-electron chi connectivity index (χ2n) is 7.47. The zero-order valence-corrected chi connectivity index (χ0v) is 15.8. The van der Waals surface area contributed by atoms with Crippen molar-refractivity contribution >= 4 is 11.7 Å². The Bertz CT molecular complexity index is 597. The van der Waals surface area contributed by atoms with Gasteiger partial charge in [0.15, 0.2) is 0 Å². The number of likely N-dealkylation sites (tertiary alicyclic amines) is 1. The number of aromatic nitrogens is 2. The Balaban J connectivity index is 1.53. The maximum atomic E-state index is 11.6. The van der Waals surface area contributed by atoms with Gasteiger partial charge >= 0.3 is 0 Å². The number of carbonyl (C=O) groups is 1. The van der Waals surface area contributed by atoms with Gasteiger partial charge in [0.05, 0.1) is 0 Å². The molecule has 0 aromatic carbocycles. The van der Waals surface area contributed by atoms with Crippen LogP contribution in [0.4, 0.5) is 5.82 Å². The molecule has 0 unspecified atom stereocenters. The number of aryl methyl sites for hydroxylation is 2. The number of carbonyl (C=O) groups excluding carboxylic acids is 1. The molecule has 2 aliphatic rings. The molecule has 1 amide bonds. The second-order valence-corrected chi connectivity index (χ2v) is 7.47. The third kappa shape index (κ3) is 4.69. The van der Waals surface area contributed by atoms with Crippen molar-refractivity contribution in [1.29, 1.82) is 0 Å². The molecular formula is C19H31N5O. The molecule has 0 saturated carbocycles. The number of likely N-dealkylation sites (N-methyl/N-ethyl adjacent to an activating group) is 1. The number of anilines is 1. The van der Waals surface area contributed by atoms with Crippen LogP contribution in [-0.4, -0.2) is 59.5 Å². The molecule has 0 bridgehead atoms. The number of nitrogens with zero attached hydrogens (tertiary/aromatic N) is 4. The average Bonchev–Trinajstić information content (AvgIpc) is 2.59. The lowest BCUT2D eigenvalue weighted by Crippen LogP contribution is -2.52. The Hall–Kier alpha value is -1.69. The highest BCUT2D eigenvalue weighted by atomic mass is 16.2. The van der Waals surface area contributed by atoms with Crippen LogP contribution in [0.25, 0.3) is 0 Å². The fraction of sp³-hybridized carbons (Fsp3) is 0.737. The van der Waals surface area contributed by atoms with Crippen LogP contribution < -0.4 is 10.2 Å². The third-order valence-electron chi connectivity index (χ3n) is 5.28. The van der Waals surface area contributed by atoms with E-state index in [9.17, 15) is 4.79 Å². The van der Waals surface area contributed by atoms with Crippen LogP contribution in [0.15, 0.2) is 6.07 Å². The minimum absolute atomic E-state index is 0.273. The van der Waals surface area contributed by atoms with Crippen molar-refractivity contribution in [2.24, 2.45) is 0 Å². The number of rotatable bonds is 5. The molecular weight excluding hydrogens is 314 g/mol. The molecule has 1 N–H and O–H groups in total. The largest absolute Gasteiger partial charge is 0.356 e. The van der Waals surface area contributed by atoms with Gasteiger partial charge in [-0.2, -0.15) is 0 Å². The highest BCUT2D eigenvalue weighted by Crippen LogP contribution is 2.20. The zero-order chi connectivity index (χ0) is 17.8. The smallest absolute Gasteiger partial charge is 0.222 e. The number of nitrogens with one attached hydrogen (secondary N) is 1. The summed E-state index contributed by atoms with van der Waals surface area (Å²) in [7, 11) is 1.91. The maximum Gasteiger partial charge on any atom is 0.222 e. The summed E-state index contributed by atoms with van der Waals surface area (Å²) in [5.41, 5.74) is 1.06. The minimum atomic E-state index is 0.273. The van der Waals surface area contributed by atoms with Crippen LogP contribution in [0, 0.1) is 6.92 Å². The summed E-state index contributed by atoms with van der Waals surface area (Å²) in [4.78, 5) is 25.2. The van der Waals surface area contributed by atoms with Crippen molar-refractivity contribution < 1.29 is 4.79 Å². The van der Waals surface area contributed by atoms with E-state index in [1.165, 1.54) is 0 Å². The molecule has 2 fully saturated rings. The van der Waals surface area contributed by atoms with Gasteiger partial charge in [-0.15, -0.1) is 0 Å². The van der Waals surface area contributed by atoms with E-state index in [1.54, 1.807) is 0 Å². The Morgan fingerprint density at radius 2 is 1.96 bits per heavy atom. The van der Waals surface area contributed by atoms with Crippen LogP contribution in [0.5, 0.6) is 0 Å². The van der Waals surface area contributed by atoms with Gasteiger partial charge < -0.3 is 15.1 Å². The number of amides is 1. The lowest BCUT2D eigenvalue weighted by atomic mass is 10.00. The van der Waals surface area contributed by atoms with Gasteiger partial charge in [0.25, 0.3) is 0 Å². The summed E-state index contributed by atoms with van der Waals surface area (Å²) in [6.45, 7) is 7.12. The van der Waals surface area contributed by atoms with E-state index < -0.39 is 0 Å². The molecule has 138 valence electrons. The first kappa shape index (κ1) is 18.1. The van der Waals surface area contributed by atoms with E-state index in [0.717, 1.165) is 69.1 Å². The normalized spacial score (nSPS) is 22.5. The van der Waals surface area contributed by atoms with E-state index in [0.29, 0.717) is 18.5 Å². The van der Waals surface area contributed by atoms with E-state index in [1.807, 2.05) is 11.9 Å². The van der Waals surface area contributed by atoms with Crippen LogP contribution in [0.2, 0.25) is 0 Å². The maximum absolute atomic E-state index is 11.6. The summed E-state index contributed by atoms with van der Waals surface area (Å²) in [6, 6.07) is 3.09. The van der Waals surface area contributed by atoms with Gasteiger partial charge in [0.1, 0.15) is 11.6 Å². The summed E-state index contributed by atoms with van der Waals surface area (Å²) in [6.07, 6.45) is 5.91. The van der Waals surface area contributed by atoms with E-state index >= 15 is 0 Å². The summed E-state index contributed by atoms with van der Waals surface area (Å²) < 4.78 is 0. The summed E-state index contributed by atoms with van der Waals surface area (Å²) in [5, 5.41) is 3.77. The van der Waals surface area contributed by atoms with Crippen molar-refractivity contribution in [3.63, 3.8) is 0 Å². The molecule has 3 rings (SSSR count). The molecule has 0 spiro atoms.